The van der Waals surface area contributed by atoms with Crippen molar-refractivity contribution < 1.29 is 0 Å². The Morgan fingerprint density at radius 2 is 1.59 bits per heavy atom. The van der Waals surface area contributed by atoms with Gasteiger partial charge in [0.15, 0.2) is 0 Å². The van der Waals surface area contributed by atoms with Crippen molar-refractivity contribution in [1.82, 2.24) is 14.5 Å². The summed E-state index contributed by atoms with van der Waals surface area (Å²) in [5.74, 6) is 0. The van der Waals surface area contributed by atoms with Crippen molar-refractivity contribution in [3.05, 3.63) is 106 Å². The van der Waals surface area contributed by atoms with Crippen LogP contribution >= 0.6 is 11.6 Å². The minimum atomic E-state index is -0.146. The molecule has 140 valence electrons. The summed E-state index contributed by atoms with van der Waals surface area (Å²) in [6.07, 6.45) is 1.71. The van der Waals surface area contributed by atoms with Crippen LogP contribution in [0, 0.1) is 0 Å². The van der Waals surface area contributed by atoms with Gasteiger partial charge < -0.3 is 4.57 Å². The lowest BCUT2D eigenvalue weighted by atomic mass is 10.1. The first-order valence-electron chi connectivity index (χ1n) is 9.29. The highest BCUT2D eigenvalue weighted by atomic mass is 35.5. The Morgan fingerprint density at radius 3 is 2.34 bits per heavy atom. The van der Waals surface area contributed by atoms with Crippen molar-refractivity contribution in [2.45, 2.75) is 6.54 Å². The molecular weight excluding hydrogens is 382 g/mol. The van der Waals surface area contributed by atoms with Crippen LogP contribution in [-0.4, -0.2) is 14.5 Å². The van der Waals surface area contributed by atoms with Crippen LogP contribution in [0.25, 0.3) is 33.2 Å². The van der Waals surface area contributed by atoms with E-state index in [1.165, 1.54) is 0 Å². The lowest BCUT2D eigenvalue weighted by Gasteiger charge is -2.14. The Labute approximate surface area is 172 Å². The van der Waals surface area contributed by atoms with Crippen molar-refractivity contribution in [1.29, 1.82) is 0 Å². The van der Waals surface area contributed by atoms with Gasteiger partial charge in [-0.05, 0) is 17.7 Å². The lowest BCUT2D eigenvalue weighted by Crippen LogP contribution is -2.24. The molecule has 0 saturated heterocycles. The Bertz CT molecular complexity index is 1400. The molecule has 0 unspecified atom stereocenters. The van der Waals surface area contributed by atoms with Gasteiger partial charge in [0.2, 0.25) is 0 Å². The highest BCUT2D eigenvalue weighted by Gasteiger charge is 2.17. The zero-order chi connectivity index (χ0) is 19.8. The number of fused-ring (bicyclic) bond motifs is 2. The molecule has 0 atom stereocenters. The molecule has 0 N–H and O–H groups in total. The summed E-state index contributed by atoms with van der Waals surface area (Å²) in [5.41, 5.74) is 3.98. The Balaban J connectivity index is 1.88. The van der Waals surface area contributed by atoms with E-state index in [-0.39, 0.29) is 5.56 Å². The van der Waals surface area contributed by atoms with E-state index in [1.54, 1.807) is 10.8 Å². The maximum atomic E-state index is 13.5. The molecule has 0 fully saturated rings. The largest absolute Gasteiger partial charge is 0.300 e. The minimum Gasteiger partial charge on any atom is -0.300 e. The molecule has 3 aromatic carbocycles. The van der Waals surface area contributed by atoms with Crippen molar-refractivity contribution in [2.24, 2.45) is 0 Å². The predicted octanol–water partition coefficient (Wildman–Crippen LogP) is 5.31. The normalized spacial score (nSPS) is 11.2. The fourth-order valence-electron chi connectivity index (χ4n) is 3.57. The van der Waals surface area contributed by atoms with Crippen molar-refractivity contribution in [3.63, 3.8) is 0 Å². The number of benzene rings is 3. The van der Waals surface area contributed by atoms with Crippen LogP contribution in [0.3, 0.4) is 0 Å². The second-order valence-electron chi connectivity index (χ2n) is 6.84. The maximum Gasteiger partial charge on any atom is 0.277 e. The van der Waals surface area contributed by atoms with Gasteiger partial charge in [-0.15, -0.1) is 0 Å². The van der Waals surface area contributed by atoms with E-state index in [9.17, 15) is 4.79 Å². The van der Waals surface area contributed by atoms with Gasteiger partial charge in [0.05, 0.1) is 22.6 Å². The maximum absolute atomic E-state index is 13.5. The third kappa shape index (κ3) is 3.08. The Morgan fingerprint density at radius 1 is 0.862 bits per heavy atom. The number of hydrogen-bond donors (Lipinski definition) is 0. The molecule has 0 radical (unpaired) electrons. The molecule has 2 aromatic heterocycles. The van der Waals surface area contributed by atoms with E-state index in [0.29, 0.717) is 33.8 Å². The van der Waals surface area contributed by atoms with Gasteiger partial charge in [0.1, 0.15) is 11.2 Å². The van der Waals surface area contributed by atoms with Crippen LogP contribution in [0.1, 0.15) is 5.56 Å². The molecule has 0 saturated carbocycles. The lowest BCUT2D eigenvalue weighted by molar-refractivity contribution is 0.790. The fraction of sp³-hybridized carbons (Fsp3) is 0.0417. The van der Waals surface area contributed by atoms with Gasteiger partial charge in [0, 0.05) is 17.1 Å². The molecule has 5 rings (SSSR count). The molecule has 0 aliphatic rings. The predicted molar refractivity (Wildman–Crippen MR) is 117 cm³/mol. The van der Waals surface area contributed by atoms with E-state index in [2.05, 4.69) is 4.98 Å². The summed E-state index contributed by atoms with van der Waals surface area (Å²) in [7, 11) is 0. The van der Waals surface area contributed by atoms with E-state index >= 15 is 0 Å². The van der Waals surface area contributed by atoms with E-state index in [4.69, 9.17) is 16.6 Å². The van der Waals surface area contributed by atoms with Gasteiger partial charge >= 0.3 is 0 Å². The standard InChI is InChI=1S/C24H16ClN3O/c25-20-21-18(12-7-13-26-21)14-19-23(20)27-22(17-10-5-2-6-11-17)24(29)28(19)15-16-8-3-1-4-9-16/h1-14H,15H2. The van der Waals surface area contributed by atoms with Gasteiger partial charge in [-0.2, -0.15) is 0 Å². The molecule has 29 heavy (non-hydrogen) atoms. The van der Waals surface area contributed by atoms with Crippen molar-refractivity contribution in [3.8, 4) is 11.3 Å². The number of nitrogens with zero attached hydrogens (tertiary/aromatic N) is 3. The van der Waals surface area contributed by atoms with E-state index in [0.717, 1.165) is 16.5 Å². The van der Waals surface area contributed by atoms with Crippen LogP contribution < -0.4 is 5.56 Å². The summed E-state index contributed by atoms with van der Waals surface area (Å²) < 4.78 is 1.75. The molecule has 0 aliphatic carbocycles. The van der Waals surface area contributed by atoms with E-state index < -0.39 is 0 Å². The first-order chi connectivity index (χ1) is 14.2. The van der Waals surface area contributed by atoms with Crippen molar-refractivity contribution in [2.75, 3.05) is 0 Å². The summed E-state index contributed by atoms with van der Waals surface area (Å²) in [5, 5.41) is 1.33. The van der Waals surface area contributed by atoms with Gasteiger partial charge in [-0.25, -0.2) is 4.98 Å². The highest BCUT2D eigenvalue weighted by molar-refractivity contribution is 6.39. The summed E-state index contributed by atoms with van der Waals surface area (Å²) in [4.78, 5) is 22.6. The van der Waals surface area contributed by atoms with Crippen LogP contribution in [-0.2, 0) is 6.54 Å². The van der Waals surface area contributed by atoms with E-state index in [1.807, 2.05) is 78.9 Å². The number of hydrogen-bond acceptors (Lipinski definition) is 3. The third-order valence-electron chi connectivity index (χ3n) is 4.98. The monoisotopic (exact) mass is 397 g/mol. The Kier molecular flexibility index (Phi) is 4.34. The SMILES string of the molecule is O=c1c(-c2ccccc2)nc2c(Cl)c3ncccc3cc2n1Cc1ccccc1. The molecule has 4 nitrogen and oxygen atoms in total. The molecule has 0 amide bonds. The summed E-state index contributed by atoms with van der Waals surface area (Å²) in [6, 6.07) is 25.1. The topological polar surface area (TPSA) is 47.8 Å². The second kappa shape index (κ2) is 7.15. The molecule has 0 spiro atoms. The smallest absolute Gasteiger partial charge is 0.277 e. The molecule has 2 heterocycles. The number of pyridine rings is 1. The fourth-order valence-corrected chi connectivity index (χ4v) is 3.87. The third-order valence-corrected chi connectivity index (χ3v) is 5.34. The minimum absolute atomic E-state index is 0.146. The van der Waals surface area contributed by atoms with Crippen LogP contribution in [0.4, 0.5) is 0 Å². The highest BCUT2D eigenvalue weighted by Crippen LogP contribution is 2.31. The first kappa shape index (κ1) is 17.6. The van der Waals surface area contributed by atoms with Crippen molar-refractivity contribution >= 4 is 33.5 Å². The first-order valence-corrected chi connectivity index (χ1v) is 9.67. The molecule has 5 aromatic rings. The zero-order valence-electron chi connectivity index (χ0n) is 15.4. The Hall–Kier alpha value is -3.50. The molecule has 0 bridgehead atoms. The number of halogens is 1. The quantitative estimate of drug-likeness (QED) is 0.387. The van der Waals surface area contributed by atoms with Crippen LogP contribution in [0.2, 0.25) is 5.02 Å². The average molecular weight is 398 g/mol. The number of rotatable bonds is 3. The molecular formula is C24H16ClN3O. The molecule has 0 aliphatic heterocycles. The average Bonchev–Trinajstić information content (AvgIpc) is 2.77. The summed E-state index contributed by atoms with van der Waals surface area (Å²) in [6.45, 7) is 0.431. The van der Waals surface area contributed by atoms with Gasteiger partial charge in [-0.1, -0.05) is 78.3 Å². The van der Waals surface area contributed by atoms with Crippen LogP contribution in [0.15, 0.2) is 89.9 Å². The molecule has 5 heteroatoms. The van der Waals surface area contributed by atoms with Gasteiger partial charge in [-0.3, -0.25) is 9.78 Å². The summed E-state index contributed by atoms with van der Waals surface area (Å²) >= 11 is 6.72. The zero-order valence-corrected chi connectivity index (χ0v) is 16.2. The van der Waals surface area contributed by atoms with Gasteiger partial charge in [0.25, 0.3) is 5.56 Å². The number of aromatic nitrogens is 3. The second-order valence-corrected chi connectivity index (χ2v) is 7.21. The van der Waals surface area contributed by atoms with Crippen LogP contribution in [0.5, 0.6) is 0 Å².